The van der Waals surface area contributed by atoms with Gasteiger partial charge in [0, 0.05) is 10.2 Å². The summed E-state index contributed by atoms with van der Waals surface area (Å²) in [6.45, 7) is 2.48. The molecule has 3 aromatic carbocycles. The lowest BCUT2D eigenvalue weighted by atomic mass is 9.98. The van der Waals surface area contributed by atoms with Crippen LogP contribution in [0.3, 0.4) is 0 Å². The van der Waals surface area contributed by atoms with Gasteiger partial charge in [0.1, 0.15) is 11.3 Å². The molecule has 0 radical (unpaired) electrons. The first-order chi connectivity index (χ1) is 15.1. The molecule has 1 unspecified atom stereocenters. The molecule has 154 valence electrons. The maximum atomic E-state index is 13.5. The van der Waals surface area contributed by atoms with E-state index < -0.39 is 6.04 Å². The fraction of sp³-hybridized carbons (Fsp3) is 0.120. The predicted octanol–water partition coefficient (Wildman–Crippen LogP) is 5.70. The first-order valence-electron chi connectivity index (χ1n) is 9.96. The Hall–Kier alpha value is -3.38. The van der Waals surface area contributed by atoms with Gasteiger partial charge in [0.15, 0.2) is 5.43 Å². The fourth-order valence-corrected chi connectivity index (χ4v) is 4.28. The highest BCUT2D eigenvalue weighted by molar-refractivity contribution is 9.10. The quantitative estimate of drug-likeness (QED) is 0.379. The molecule has 0 spiro atoms. The Morgan fingerprint density at radius 1 is 0.968 bits per heavy atom. The van der Waals surface area contributed by atoms with Crippen LogP contribution in [0.4, 0.5) is 5.69 Å². The van der Waals surface area contributed by atoms with Crippen LogP contribution in [0.15, 0.2) is 86.5 Å². The number of rotatable bonds is 4. The minimum atomic E-state index is -0.597. The van der Waals surface area contributed by atoms with Crippen molar-refractivity contribution in [2.75, 3.05) is 11.5 Å². The van der Waals surface area contributed by atoms with Gasteiger partial charge in [-0.05, 0) is 61.0 Å². The van der Waals surface area contributed by atoms with Gasteiger partial charge in [-0.2, -0.15) is 0 Å². The molecule has 0 bridgehead atoms. The largest absolute Gasteiger partial charge is 0.494 e. The molecule has 6 heteroatoms. The third kappa shape index (κ3) is 3.24. The van der Waals surface area contributed by atoms with Crippen LogP contribution < -0.4 is 15.1 Å². The van der Waals surface area contributed by atoms with Gasteiger partial charge in [-0.1, -0.05) is 40.2 Å². The second kappa shape index (κ2) is 7.71. The van der Waals surface area contributed by atoms with Crippen molar-refractivity contribution >= 4 is 38.5 Å². The maximum absolute atomic E-state index is 13.5. The lowest BCUT2D eigenvalue weighted by Gasteiger charge is -2.25. The fourth-order valence-electron chi connectivity index (χ4n) is 4.02. The summed E-state index contributed by atoms with van der Waals surface area (Å²) in [6, 6.07) is 21.3. The topological polar surface area (TPSA) is 59.8 Å². The molecule has 4 aromatic rings. The van der Waals surface area contributed by atoms with Gasteiger partial charge in [0.05, 0.1) is 23.6 Å². The molecule has 1 aliphatic heterocycles. The van der Waals surface area contributed by atoms with E-state index >= 15 is 0 Å². The summed E-state index contributed by atoms with van der Waals surface area (Å²) in [5, 5.41) is 0.461. The van der Waals surface area contributed by atoms with Gasteiger partial charge in [0.2, 0.25) is 5.76 Å². The molecule has 1 atom stereocenters. The zero-order chi connectivity index (χ0) is 21.5. The van der Waals surface area contributed by atoms with Crippen LogP contribution in [0.2, 0.25) is 0 Å². The molecule has 0 N–H and O–H groups in total. The molecule has 5 nitrogen and oxygen atoms in total. The van der Waals surface area contributed by atoms with E-state index in [4.69, 9.17) is 9.15 Å². The van der Waals surface area contributed by atoms with E-state index in [-0.39, 0.29) is 17.1 Å². The number of benzene rings is 3. The molecule has 1 aliphatic rings. The van der Waals surface area contributed by atoms with Crippen LogP contribution >= 0.6 is 15.9 Å². The highest BCUT2D eigenvalue weighted by Crippen LogP contribution is 2.41. The molecule has 0 fully saturated rings. The van der Waals surface area contributed by atoms with Gasteiger partial charge < -0.3 is 9.15 Å². The van der Waals surface area contributed by atoms with Crippen molar-refractivity contribution in [3.8, 4) is 5.75 Å². The molecule has 1 amide bonds. The van der Waals surface area contributed by atoms with Crippen molar-refractivity contribution in [3.05, 3.63) is 104 Å². The number of hydrogen-bond donors (Lipinski definition) is 0. The Kier molecular flexibility index (Phi) is 4.87. The lowest BCUT2D eigenvalue weighted by Crippen LogP contribution is -2.29. The number of fused-ring (bicyclic) bond motifs is 2. The second-order valence-electron chi connectivity index (χ2n) is 7.23. The summed E-state index contributed by atoms with van der Waals surface area (Å²) >= 11 is 3.44. The number of ether oxygens (including phenoxy) is 1. The average molecular weight is 476 g/mol. The van der Waals surface area contributed by atoms with Crippen LogP contribution in [0.25, 0.3) is 11.0 Å². The molecule has 5 rings (SSSR count). The third-order valence-electron chi connectivity index (χ3n) is 5.39. The van der Waals surface area contributed by atoms with Crippen molar-refractivity contribution in [3.63, 3.8) is 0 Å². The predicted molar refractivity (Wildman–Crippen MR) is 123 cm³/mol. The van der Waals surface area contributed by atoms with Gasteiger partial charge >= 0.3 is 0 Å². The molecule has 0 saturated heterocycles. The Balaban J connectivity index is 1.75. The first-order valence-corrected chi connectivity index (χ1v) is 10.8. The molecular formula is C25H18BrNO4. The minimum absolute atomic E-state index is 0.0884. The zero-order valence-corrected chi connectivity index (χ0v) is 18.3. The molecular weight excluding hydrogens is 458 g/mol. The summed E-state index contributed by atoms with van der Waals surface area (Å²) in [5.41, 5.74) is 2.06. The van der Waals surface area contributed by atoms with Crippen LogP contribution in [0, 0.1) is 0 Å². The number of carbonyl (C=O) groups is 1. The Bertz CT molecular complexity index is 1340. The zero-order valence-electron chi connectivity index (χ0n) is 16.7. The number of para-hydroxylation sites is 1. The van der Waals surface area contributed by atoms with Crippen molar-refractivity contribution in [1.82, 2.24) is 0 Å². The summed E-state index contributed by atoms with van der Waals surface area (Å²) in [5.74, 6) is 0.487. The van der Waals surface area contributed by atoms with Crippen LogP contribution in [0.1, 0.15) is 34.6 Å². The van der Waals surface area contributed by atoms with Crippen molar-refractivity contribution < 1.29 is 13.9 Å². The number of hydrogen-bond acceptors (Lipinski definition) is 4. The van der Waals surface area contributed by atoms with E-state index in [0.717, 1.165) is 15.8 Å². The third-order valence-corrected chi connectivity index (χ3v) is 5.92. The number of anilines is 1. The smallest absolute Gasteiger partial charge is 0.295 e. The highest BCUT2D eigenvalue weighted by atomic mass is 79.9. The number of nitrogens with zero attached hydrogens (tertiary/aromatic N) is 1. The number of amides is 1. The molecule has 0 aliphatic carbocycles. The Morgan fingerprint density at radius 3 is 2.39 bits per heavy atom. The van der Waals surface area contributed by atoms with E-state index in [1.807, 2.05) is 55.5 Å². The van der Waals surface area contributed by atoms with Crippen LogP contribution in [0.5, 0.6) is 5.75 Å². The van der Waals surface area contributed by atoms with E-state index in [1.54, 1.807) is 29.2 Å². The van der Waals surface area contributed by atoms with Gasteiger partial charge in [-0.3, -0.25) is 14.5 Å². The van der Waals surface area contributed by atoms with E-state index in [0.29, 0.717) is 28.8 Å². The Morgan fingerprint density at radius 2 is 1.68 bits per heavy atom. The second-order valence-corrected chi connectivity index (χ2v) is 8.14. The SMILES string of the molecule is CCOc1ccc(C2c3c(oc4ccccc4c3=O)C(=O)N2c2ccc(Br)cc2)cc1. The minimum Gasteiger partial charge on any atom is -0.494 e. The summed E-state index contributed by atoms with van der Waals surface area (Å²) < 4.78 is 12.4. The Labute approximate surface area is 187 Å². The highest BCUT2D eigenvalue weighted by Gasteiger charge is 2.43. The maximum Gasteiger partial charge on any atom is 0.295 e. The van der Waals surface area contributed by atoms with E-state index in [2.05, 4.69) is 15.9 Å². The molecule has 31 heavy (non-hydrogen) atoms. The summed E-state index contributed by atoms with van der Waals surface area (Å²) in [4.78, 5) is 28.6. The summed E-state index contributed by atoms with van der Waals surface area (Å²) in [7, 11) is 0. The molecule has 2 heterocycles. The van der Waals surface area contributed by atoms with Crippen LogP contribution in [-0.2, 0) is 0 Å². The van der Waals surface area contributed by atoms with Gasteiger partial charge in [-0.15, -0.1) is 0 Å². The monoisotopic (exact) mass is 475 g/mol. The summed E-state index contributed by atoms with van der Waals surface area (Å²) in [6.07, 6.45) is 0. The van der Waals surface area contributed by atoms with Gasteiger partial charge in [0.25, 0.3) is 5.91 Å². The number of halogens is 1. The van der Waals surface area contributed by atoms with Crippen molar-refractivity contribution in [1.29, 1.82) is 0 Å². The normalized spacial score (nSPS) is 15.4. The van der Waals surface area contributed by atoms with Gasteiger partial charge in [-0.25, -0.2) is 0 Å². The van der Waals surface area contributed by atoms with Crippen molar-refractivity contribution in [2.24, 2.45) is 0 Å². The van der Waals surface area contributed by atoms with Crippen LogP contribution in [-0.4, -0.2) is 12.5 Å². The van der Waals surface area contributed by atoms with E-state index in [9.17, 15) is 9.59 Å². The van der Waals surface area contributed by atoms with Crippen molar-refractivity contribution in [2.45, 2.75) is 13.0 Å². The lowest BCUT2D eigenvalue weighted by molar-refractivity contribution is 0.0971. The first kappa shape index (κ1) is 19.6. The molecule has 1 aromatic heterocycles. The standard InChI is InChI=1S/C25H18BrNO4/c1-2-30-18-13-7-15(8-14-18)22-21-23(28)19-5-3-4-6-20(19)31-24(21)25(29)27(22)17-11-9-16(26)10-12-17/h3-14,22H,2H2,1H3. The molecule has 0 saturated carbocycles. The number of carbonyl (C=O) groups excluding carboxylic acids is 1. The van der Waals surface area contributed by atoms with E-state index in [1.165, 1.54) is 0 Å². The average Bonchev–Trinajstić information content (AvgIpc) is 3.08.